The van der Waals surface area contributed by atoms with Gasteiger partial charge in [-0.05, 0) is 5.04 Å². The van der Waals surface area contributed by atoms with Crippen molar-refractivity contribution in [1.29, 1.82) is 0 Å². The number of aliphatic carboxylic acids is 6. The van der Waals surface area contributed by atoms with Crippen molar-refractivity contribution in [2.24, 2.45) is 0 Å². The summed E-state index contributed by atoms with van der Waals surface area (Å²) in [7, 11) is -5.12. The molecule has 6 N–H and O–H groups in total. The Hall–Kier alpha value is -3.74. The predicted octanol–water partition coefficient (Wildman–Crippen LogP) is 0.140. The highest BCUT2D eigenvalue weighted by atomic mass is 28.3. The highest BCUT2D eigenvalue weighted by Gasteiger charge is 2.60. The maximum atomic E-state index is 11.9. The molecule has 0 saturated heterocycles. The summed E-state index contributed by atoms with van der Waals surface area (Å²) >= 11 is 0. The third-order valence-electron chi connectivity index (χ3n) is 3.83. The third kappa shape index (κ3) is 5.38. The Morgan fingerprint density at radius 3 is 0.862 bits per heavy atom. The number of rotatable bonds is 9. The minimum absolute atomic E-state index is 0.0526. The van der Waals surface area contributed by atoms with Gasteiger partial charge in [-0.2, -0.15) is 0 Å². The molecule has 0 atom stereocenters. The van der Waals surface area contributed by atoms with Gasteiger partial charge >= 0.3 is 35.8 Å². The van der Waals surface area contributed by atoms with Gasteiger partial charge in [-0.15, -0.1) is 0 Å². The second-order valence-corrected chi connectivity index (χ2v) is 11.2. The lowest BCUT2D eigenvalue weighted by Gasteiger charge is -2.43. The Bertz CT molecular complexity index is 766. The van der Waals surface area contributed by atoms with Crippen LogP contribution in [0.3, 0.4) is 0 Å². The van der Waals surface area contributed by atoms with Crippen molar-refractivity contribution >= 4 is 43.9 Å². The topological polar surface area (TPSA) is 224 Å². The van der Waals surface area contributed by atoms with Crippen molar-refractivity contribution in [3.05, 3.63) is 33.8 Å². The van der Waals surface area contributed by atoms with Gasteiger partial charge in [-0.25, -0.2) is 28.8 Å². The highest BCUT2D eigenvalue weighted by Crippen LogP contribution is 2.50. The molecule has 0 amide bonds. The van der Waals surface area contributed by atoms with Crippen LogP contribution in [0.15, 0.2) is 33.8 Å². The fraction of sp³-hybridized carbons (Fsp3) is 0.250. The maximum Gasteiger partial charge on any atom is 0.328 e. The van der Waals surface area contributed by atoms with Crippen LogP contribution in [0.4, 0.5) is 0 Å². The largest absolute Gasteiger partial charge is 0.478 e. The van der Waals surface area contributed by atoms with Crippen LogP contribution < -0.4 is 0 Å². The summed E-state index contributed by atoms with van der Waals surface area (Å²) in [6.07, 6.45) is 0.158. The van der Waals surface area contributed by atoms with E-state index in [1.54, 1.807) is 0 Å². The Balaban J connectivity index is 8.20. The van der Waals surface area contributed by atoms with E-state index in [1.807, 2.05) is 0 Å². The molecule has 29 heavy (non-hydrogen) atoms. The van der Waals surface area contributed by atoms with Crippen molar-refractivity contribution in [2.45, 2.75) is 25.8 Å². The molecular weight excluding hydrogens is 412 g/mol. The fourth-order valence-corrected chi connectivity index (χ4v) is 8.29. The first kappa shape index (κ1) is 25.3. The molecular formula is C16H18O12Si. The molecule has 0 bridgehead atoms. The minimum Gasteiger partial charge on any atom is -0.478 e. The van der Waals surface area contributed by atoms with Gasteiger partial charge in [-0.1, -0.05) is 20.8 Å². The number of hydrogen-bond donors (Lipinski definition) is 6. The van der Waals surface area contributed by atoms with Crippen molar-refractivity contribution in [2.75, 3.05) is 0 Å². The fourth-order valence-electron chi connectivity index (χ4n) is 3.01. The Labute approximate surface area is 163 Å². The van der Waals surface area contributed by atoms with E-state index >= 15 is 0 Å². The molecule has 0 aliphatic carbocycles. The molecule has 0 aliphatic heterocycles. The summed E-state index contributed by atoms with van der Waals surface area (Å²) in [6, 6.07) is 0. The molecule has 0 aromatic heterocycles. The van der Waals surface area contributed by atoms with E-state index in [0.717, 1.165) is 20.8 Å². The van der Waals surface area contributed by atoms with Crippen molar-refractivity contribution in [3.63, 3.8) is 0 Å². The SMILES string of the molecule is CC(C)(C)[Si](/C(=C/C(=O)O)C(=O)O)(/C(=C/C(=O)O)C(=O)O)/C(=C/C(=O)O)C(=O)O. The average molecular weight is 430 g/mol. The number of carbonyl (C=O) groups is 6. The van der Waals surface area contributed by atoms with Gasteiger partial charge in [0.25, 0.3) is 0 Å². The minimum atomic E-state index is -5.12. The third-order valence-corrected chi connectivity index (χ3v) is 9.58. The van der Waals surface area contributed by atoms with Crippen LogP contribution in [0.2, 0.25) is 5.04 Å². The summed E-state index contributed by atoms with van der Waals surface area (Å²) in [4.78, 5) is 69.5. The van der Waals surface area contributed by atoms with Gasteiger partial charge in [0, 0.05) is 33.8 Å². The van der Waals surface area contributed by atoms with Crippen LogP contribution in [0, 0.1) is 0 Å². The Morgan fingerprint density at radius 2 is 0.759 bits per heavy atom. The lowest BCUT2D eigenvalue weighted by molar-refractivity contribution is -0.135. The van der Waals surface area contributed by atoms with Gasteiger partial charge in [0.1, 0.15) is 0 Å². The molecule has 0 heterocycles. The summed E-state index contributed by atoms with van der Waals surface area (Å²) in [5.41, 5.74) is 0. The average Bonchev–Trinajstić information content (AvgIpc) is 2.49. The monoisotopic (exact) mass is 430 g/mol. The first-order valence-electron chi connectivity index (χ1n) is 7.55. The van der Waals surface area contributed by atoms with Crippen LogP contribution >= 0.6 is 0 Å². The van der Waals surface area contributed by atoms with Gasteiger partial charge < -0.3 is 30.6 Å². The van der Waals surface area contributed by atoms with Gasteiger partial charge in [-0.3, -0.25) is 0 Å². The zero-order valence-electron chi connectivity index (χ0n) is 15.4. The molecule has 0 rings (SSSR count). The molecule has 0 saturated carbocycles. The van der Waals surface area contributed by atoms with Gasteiger partial charge in [0.2, 0.25) is 0 Å². The van der Waals surface area contributed by atoms with E-state index in [0.29, 0.717) is 0 Å². The molecule has 0 aromatic rings. The van der Waals surface area contributed by atoms with Crippen LogP contribution in [-0.4, -0.2) is 74.5 Å². The van der Waals surface area contributed by atoms with Crippen molar-refractivity contribution in [3.8, 4) is 0 Å². The lowest BCUT2D eigenvalue weighted by atomic mass is 10.2. The highest BCUT2D eigenvalue weighted by molar-refractivity contribution is 7.08. The standard InChI is InChI=1S/C16H18O12Si/c1-16(2,3)29(7(13(23)24)4-10(17)18,8(14(25)26)5-11(19)20)9(15(27)28)6-12(21)22/h4-6H,1-3H3,(H,17,18)(H,19,20)(H,21,22)(H,23,24)(H,25,26)(H,27,28)/b7-4+,8-5+,9-6+. The molecule has 12 nitrogen and oxygen atoms in total. The van der Waals surface area contributed by atoms with Gasteiger partial charge in [0.15, 0.2) is 8.07 Å². The number of carboxylic acid groups (broad SMARTS) is 6. The summed E-state index contributed by atoms with van der Waals surface area (Å²) in [5, 5.41) is 50.7. The van der Waals surface area contributed by atoms with Crippen LogP contribution in [-0.2, 0) is 28.8 Å². The first-order chi connectivity index (χ1) is 13.0. The van der Waals surface area contributed by atoms with E-state index in [2.05, 4.69) is 0 Å². The molecule has 13 heteroatoms. The number of carboxylic acids is 6. The molecule has 0 fully saturated rings. The zero-order chi connectivity index (χ0) is 23.3. The maximum absolute atomic E-state index is 11.9. The summed E-state index contributed by atoms with van der Waals surface area (Å²) in [5.74, 6) is -11.8. The van der Waals surface area contributed by atoms with Crippen molar-refractivity contribution < 1.29 is 59.4 Å². The van der Waals surface area contributed by atoms with Gasteiger partial charge in [0.05, 0.1) is 0 Å². The van der Waals surface area contributed by atoms with E-state index in [1.165, 1.54) is 0 Å². The number of hydrogen-bond acceptors (Lipinski definition) is 6. The Kier molecular flexibility index (Phi) is 7.81. The molecule has 158 valence electrons. The zero-order valence-corrected chi connectivity index (χ0v) is 16.4. The quantitative estimate of drug-likeness (QED) is 0.212. The van der Waals surface area contributed by atoms with E-state index in [4.69, 9.17) is 15.3 Å². The van der Waals surface area contributed by atoms with E-state index in [-0.39, 0.29) is 18.2 Å². The van der Waals surface area contributed by atoms with Crippen LogP contribution in [0.25, 0.3) is 0 Å². The van der Waals surface area contributed by atoms with E-state index in [9.17, 15) is 44.1 Å². The first-order valence-corrected chi connectivity index (χ1v) is 9.55. The summed E-state index contributed by atoms with van der Waals surface area (Å²) < 4.78 is 0. The van der Waals surface area contributed by atoms with E-state index < -0.39 is 64.5 Å². The lowest BCUT2D eigenvalue weighted by Crippen LogP contribution is -2.57. The van der Waals surface area contributed by atoms with Crippen LogP contribution in [0.1, 0.15) is 20.8 Å². The second kappa shape index (κ2) is 8.96. The molecule has 0 unspecified atom stereocenters. The summed E-state index contributed by atoms with van der Waals surface area (Å²) in [6.45, 7) is 3.49. The Morgan fingerprint density at radius 1 is 0.552 bits per heavy atom. The molecule has 0 aliphatic rings. The predicted molar refractivity (Wildman–Crippen MR) is 95.5 cm³/mol. The molecule has 0 aromatic carbocycles. The molecule has 0 radical (unpaired) electrons. The normalized spacial score (nSPS) is 13.6. The second-order valence-electron chi connectivity index (χ2n) is 6.60. The molecule has 0 spiro atoms. The smallest absolute Gasteiger partial charge is 0.328 e. The van der Waals surface area contributed by atoms with Crippen LogP contribution in [0.5, 0.6) is 0 Å². The van der Waals surface area contributed by atoms with Crippen molar-refractivity contribution in [1.82, 2.24) is 0 Å².